The van der Waals surface area contributed by atoms with Gasteiger partial charge in [-0.05, 0) is 29.1 Å². The van der Waals surface area contributed by atoms with Crippen molar-refractivity contribution in [3.63, 3.8) is 0 Å². The van der Waals surface area contributed by atoms with Gasteiger partial charge in [-0.25, -0.2) is 0 Å². The monoisotopic (exact) mass is 255 g/mol. The van der Waals surface area contributed by atoms with Crippen LogP contribution in [0.2, 0.25) is 0 Å². The molecule has 18 heavy (non-hydrogen) atoms. The first kappa shape index (κ1) is 11.4. The van der Waals surface area contributed by atoms with Gasteiger partial charge in [0.15, 0.2) is 0 Å². The second-order valence-electron chi connectivity index (χ2n) is 4.14. The van der Waals surface area contributed by atoms with Crippen molar-refractivity contribution in [2.24, 2.45) is 0 Å². The van der Waals surface area contributed by atoms with Crippen LogP contribution in [-0.4, -0.2) is 16.7 Å². The van der Waals surface area contributed by atoms with Crippen molar-refractivity contribution in [3.8, 4) is 10.4 Å². The number of fused-ring (bicyclic) bond motifs is 1. The smallest absolute Gasteiger partial charge is 0.0479 e. The first-order chi connectivity index (χ1) is 8.88. The molecule has 0 spiro atoms. The topological polar surface area (TPSA) is 33.1 Å². The van der Waals surface area contributed by atoms with Gasteiger partial charge in [0, 0.05) is 40.6 Å². The summed E-state index contributed by atoms with van der Waals surface area (Å²) < 4.78 is 0. The van der Waals surface area contributed by atoms with Crippen molar-refractivity contribution in [3.05, 3.63) is 53.7 Å². The minimum Gasteiger partial charge on any atom is -0.396 e. The summed E-state index contributed by atoms with van der Waals surface area (Å²) in [6, 6.07) is 12.5. The molecule has 0 radical (unpaired) electrons. The van der Waals surface area contributed by atoms with Crippen LogP contribution in [0.15, 0.2) is 48.8 Å². The summed E-state index contributed by atoms with van der Waals surface area (Å²) in [6.45, 7) is 0.208. The van der Waals surface area contributed by atoms with E-state index in [1.807, 2.05) is 12.4 Å². The first-order valence-corrected chi connectivity index (χ1v) is 6.73. The fourth-order valence-corrected chi connectivity index (χ4v) is 3.14. The molecule has 0 saturated heterocycles. The number of thiophene rings is 1. The molecule has 0 aliphatic carbocycles. The molecule has 0 saturated carbocycles. The summed E-state index contributed by atoms with van der Waals surface area (Å²) in [5, 5.41) is 11.4. The average molecular weight is 255 g/mol. The molecular formula is C15H13NOS. The van der Waals surface area contributed by atoms with Gasteiger partial charge in [-0.2, -0.15) is 0 Å². The van der Waals surface area contributed by atoms with Gasteiger partial charge in [0.25, 0.3) is 0 Å². The highest BCUT2D eigenvalue weighted by Crippen LogP contribution is 2.33. The summed E-state index contributed by atoms with van der Waals surface area (Å²) in [5.74, 6) is 0. The van der Waals surface area contributed by atoms with Gasteiger partial charge in [0.1, 0.15) is 0 Å². The highest BCUT2D eigenvalue weighted by Gasteiger charge is 2.06. The molecular weight excluding hydrogens is 242 g/mol. The van der Waals surface area contributed by atoms with E-state index in [2.05, 4.69) is 41.4 Å². The largest absolute Gasteiger partial charge is 0.396 e. The molecule has 0 amide bonds. The molecule has 90 valence electrons. The number of aliphatic hydroxyl groups excluding tert-OH is 1. The minimum atomic E-state index is 0.208. The van der Waals surface area contributed by atoms with E-state index in [0.29, 0.717) is 0 Å². The van der Waals surface area contributed by atoms with Gasteiger partial charge < -0.3 is 5.11 Å². The Morgan fingerprint density at radius 2 is 2.06 bits per heavy atom. The zero-order chi connectivity index (χ0) is 12.4. The molecule has 0 unspecified atom stereocenters. The molecule has 2 aromatic heterocycles. The van der Waals surface area contributed by atoms with Crippen molar-refractivity contribution >= 4 is 22.1 Å². The van der Waals surface area contributed by atoms with Crippen LogP contribution >= 0.6 is 11.3 Å². The number of aliphatic hydroxyl groups is 1. The van der Waals surface area contributed by atoms with E-state index < -0.39 is 0 Å². The summed E-state index contributed by atoms with van der Waals surface area (Å²) in [6.07, 6.45) is 4.45. The Bertz CT molecular complexity index is 670. The number of aromatic nitrogens is 1. The minimum absolute atomic E-state index is 0.208. The van der Waals surface area contributed by atoms with Crippen LogP contribution in [0, 0.1) is 0 Å². The Morgan fingerprint density at radius 3 is 2.94 bits per heavy atom. The molecule has 0 atom stereocenters. The van der Waals surface area contributed by atoms with Crippen molar-refractivity contribution in [2.45, 2.75) is 6.42 Å². The molecule has 3 rings (SSSR count). The molecule has 1 N–H and O–H groups in total. The molecule has 2 heterocycles. The first-order valence-electron chi connectivity index (χ1n) is 5.91. The fourth-order valence-electron chi connectivity index (χ4n) is 2.10. The molecule has 2 nitrogen and oxygen atoms in total. The predicted octanol–water partition coefficient (Wildman–Crippen LogP) is 3.50. The summed E-state index contributed by atoms with van der Waals surface area (Å²) >= 11 is 1.74. The Labute approximate surface area is 110 Å². The molecule has 3 aromatic rings. The lowest BCUT2D eigenvalue weighted by Gasteiger charge is -2.03. The molecule has 0 aliphatic heterocycles. The molecule has 0 aliphatic rings. The Balaban J connectivity index is 2.12. The van der Waals surface area contributed by atoms with Crippen LogP contribution in [0.25, 0.3) is 21.2 Å². The van der Waals surface area contributed by atoms with Crippen LogP contribution in [0.1, 0.15) is 4.88 Å². The van der Waals surface area contributed by atoms with Gasteiger partial charge in [0.2, 0.25) is 0 Å². The zero-order valence-electron chi connectivity index (χ0n) is 9.84. The van der Waals surface area contributed by atoms with Gasteiger partial charge in [0.05, 0.1) is 0 Å². The van der Waals surface area contributed by atoms with Crippen LogP contribution in [0.5, 0.6) is 0 Å². The third-order valence-corrected chi connectivity index (χ3v) is 4.14. The van der Waals surface area contributed by atoms with Crippen LogP contribution in [0.3, 0.4) is 0 Å². The lowest BCUT2D eigenvalue weighted by molar-refractivity contribution is 0.300. The van der Waals surface area contributed by atoms with E-state index >= 15 is 0 Å². The van der Waals surface area contributed by atoms with Gasteiger partial charge >= 0.3 is 0 Å². The summed E-state index contributed by atoms with van der Waals surface area (Å²) in [7, 11) is 0. The van der Waals surface area contributed by atoms with Gasteiger partial charge in [-0.15, -0.1) is 11.3 Å². The van der Waals surface area contributed by atoms with Crippen molar-refractivity contribution < 1.29 is 5.11 Å². The molecule has 0 bridgehead atoms. The lowest BCUT2D eigenvalue weighted by atomic mass is 10.1. The molecule has 1 aromatic carbocycles. The quantitative estimate of drug-likeness (QED) is 0.777. The number of pyridine rings is 1. The van der Waals surface area contributed by atoms with E-state index in [1.54, 1.807) is 11.3 Å². The Hall–Kier alpha value is -1.71. The summed E-state index contributed by atoms with van der Waals surface area (Å²) in [5.41, 5.74) is 1.24. The normalized spacial score (nSPS) is 10.9. The highest BCUT2D eigenvalue weighted by molar-refractivity contribution is 7.15. The van der Waals surface area contributed by atoms with E-state index in [4.69, 9.17) is 5.11 Å². The maximum Gasteiger partial charge on any atom is 0.0479 e. The number of nitrogens with zero attached hydrogens (tertiary/aromatic N) is 1. The van der Waals surface area contributed by atoms with E-state index in [-0.39, 0.29) is 6.61 Å². The third-order valence-electron chi connectivity index (χ3n) is 2.97. The van der Waals surface area contributed by atoms with Crippen LogP contribution in [-0.2, 0) is 6.42 Å². The Morgan fingerprint density at radius 1 is 1.11 bits per heavy atom. The SMILES string of the molecule is OCCc1ccc(-c2cccc3cnccc23)s1. The van der Waals surface area contributed by atoms with E-state index in [1.165, 1.54) is 20.7 Å². The highest BCUT2D eigenvalue weighted by atomic mass is 32.1. The second kappa shape index (κ2) is 4.88. The zero-order valence-corrected chi connectivity index (χ0v) is 10.7. The standard InChI is InChI=1S/C15H13NOS/c17-9-7-12-4-5-15(18-12)14-3-1-2-11-10-16-8-6-13(11)14/h1-6,8,10,17H,7,9H2. The predicted molar refractivity (Wildman–Crippen MR) is 75.8 cm³/mol. The Kier molecular flexibility index (Phi) is 3.09. The number of hydrogen-bond acceptors (Lipinski definition) is 3. The number of hydrogen-bond donors (Lipinski definition) is 1. The van der Waals surface area contributed by atoms with Crippen molar-refractivity contribution in [1.29, 1.82) is 0 Å². The van der Waals surface area contributed by atoms with Gasteiger partial charge in [-0.1, -0.05) is 18.2 Å². The molecule has 3 heteroatoms. The van der Waals surface area contributed by atoms with E-state index in [0.717, 1.165) is 11.8 Å². The second-order valence-corrected chi connectivity index (χ2v) is 5.31. The van der Waals surface area contributed by atoms with Crippen LogP contribution in [0.4, 0.5) is 0 Å². The maximum absolute atomic E-state index is 8.97. The average Bonchev–Trinajstić information content (AvgIpc) is 2.87. The lowest BCUT2D eigenvalue weighted by Crippen LogP contribution is -1.84. The van der Waals surface area contributed by atoms with E-state index in [9.17, 15) is 0 Å². The summed E-state index contributed by atoms with van der Waals surface area (Å²) in [4.78, 5) is 6.62. The third kappa shape index (κ3) is 2.03. The van der Waals surface area contributed by atoms with Gasteiger partial charge in [-0.3, -0.25) is 4.98 Å². The number of benzene rings is 1. The number of rotatable bonds is 3. The van der Waals surface area contributed by atoms with Crippen LogP contribution < -0.4 is 0 Å². The fraction of sp³-hybridized carbons (Fsp3) is 0.133. The van der Waals surface area contributed by atoms with Crippen molar-refractivity contribution in [2.75, 3.05) is 6.61 Å². The molecule has 0 fully saturated rings. The maximum atomic E-state index is 8.97. The van der Waals surface area contributed by atoms with Crippen molar-refractivity contribution in [1.82, 2.24) is 4.98 Å².